The quantitative estimate of drug-likeness (QED) is 0.734. The van der Waals surface area contributed by atoms with Crippen molar-refractivity contribution in [1.29, 1.82) is 0 Å². The van der Waals surface area contributed by atoms with Gasteiger partial charge in [0.05, 0.1) is 31.5 Å². The van der Waals surface area contributed by atoms with E-state index in [1.807, 2.05) is 35.0 Å². The molecule has 1 N–H and O–H groups in total. The molecule has 4 rings (SSSR count). The largest absolute Gasteiger partial charge is 0.504 e. The Morgan fingerprint density at radius 1 is 1.14 bits per heavy atom. The Morgan fingerprint density at radius 3 is 2.62 bits per heavy atom. The molecule has 29 heavy (non-hydrogen) atoms. The van der Waals surface area contributed by atoms with E-state index in [1.165, 1.54) is 7.11 Å². The number of aromatic nitrogens is 2. The number of aromatic hydroxyl groups is 1. The van der Waals surface area contributed by atoms with Crippen LogP contribution in [-0.2, 0) is 23.2 Å². The minimum absolute atomic E-state index is 0.00333. The molecule has 0 aliphatic carbocycles. The van der Waals surface area contributed by atoms with E-state index in [9.17, 15) is 9.90 Å². The van der Waals surface area contributed by atoms with Gasteiger partial charge in [0.25, 0.3) is 0 Å². The smallest absolute Gasteiger partial charge is 0.232 e. The van der Waals surface area contributed by atoms with Crippen molar-refractivity contribution in [2.75, 3.05) is 12.0 Å². The van der Waals surface area contributed by atoms with E-state index in [0.717, 1.165) is 28.3 Å². The van der Waals surface area contributed by atoms with Gasteiger partial charge in [0.1, 0.15) is 5.82 Å². The summed E-state index contributed by atoms with van der Waals surface area (Å²) in [6, 6.07) is 15.0. The Morgan fingerprint density at radius 2 is 1.90 bits per heavy atom. The molecule has 0 bridgehead atoms. The van der Waals surface area contributed by atoms with Crippen LogP contribution in [0.2, 0.25) is 0 Å². The van der Waals surface area contributed by atoms with Gasteiger partial charge in [-0.3, -0.25) is 9.69 Å². The van der Waals surface area contributed by atoms with E-state index in [-0.39, 0.29) is 17.1 Å². The second-order valence-corrected chi connectivity index (χ2v) is 8.34. The van der Waals surface area contributed by atoms with Gasteiger partial charge in [0.15, 0.2) is 11.5 Å². The normalized spacial score (nSPS) is 13.7. The van der Waals surface area contributed by atoms with E-state index < -0.39 is 0 Å². The number of amides is 1. The van der Waals surface area contributed by atoms with Crippen LogP contribution in [0, 0.1) is 0 Å². The fraction of sp³-hybridized carbons (Fsp3) is 0.304. The zero-order chi connectivity index (χ0) is 20.8. The summed E-state index contributed by atoms with van der Waals surface area (Å²) in [6.45, 7) is 6.69. The molecule has 2 aromatic carbocycles. The molecule has 1 aromatic heterocycles. The summed E-state index contributed by atoms with van der Waals surface area (Å²) in [6.07, 6.45) is 0.305. The van der Waals surface area contributed by atoms with Crippen LogP contribution >= 0.6 is 0 Å². The predicted molar refractivity (Wildman–Crippen MR) is 112 cm³/mol. The molecule has 1 aliphatic rings. The first-order valence-corrected chi connectivity index (χ1v) is 9.63. The predicted octanol–water partition coefficient (Wildman–Crippen LogP) is 3.97. The SMILES string of the molecule is COc1cc(CN2C(=O)Cc3ccccc3-n3nc(C(C)(C)C)cc32)ccc1O. The van der Waals surface area contributed by atoms with Crippen LogP contribution in [0.4, 0.5) is 5.82 Å². The molecule has 0 saturated heterocycles. The molecule has 0 atom stereocenters. The number of methoxy groups -OCH3 is 1. The van der Waals surface area contributed by atoms with E-state index in [4.69, 9.17) is 9.84 Å². The molecule has 6 nitrogen and oxygen atoms in total. The van der Waals surface area contributed by atoms with Crippen molar-refractivity contribution in [2.24, 2.45) is 0 Å². The molecule has 0 unspecified atom stereocenters. The molecule has 2 heterocycles. The highest BCUT2D eigenvalue weighted by atomic mass is 16.5. The molecule has 1 amide bonds. The molecule has 0 fully saturated rings. The number of phenolic OH excluding ortho intramolecular Hbond substituents is 1. The van der Waals surface area contributed by atoms with Crippen molar-refractivity contribution >= 4 is 11.7 Å². The first-order valence-electron chi connectivity index (χ1n) is 9.63. The summed E-state index contributed by atoms with van der Waals surface area (Å²) in [5, 5.41) is 14.7. The van der Waals surface area contributed by atoms with Crippen LogP contribution in [0.1, 0.15) is 37.6 Å². The van der Waals surface area contributed by atoms with Gasteiger partial charge in [-0.1, -0.05) is 45.0 Å². The van der Waals surface area contributed by atoms with Crippen molar-refractivity contribution in [1.82, 2.24) is 9.78 Å². The zero-order valence-electron chi connectivity index (χ0n) is 17.1. The molecule has 0 spiro atoms. The maximum atomic E-state index is 13.2. The zero-order valence-corrected chi connectivity index (χ0v) is 17.1. The Balaban J connectivity index is 1.83. The number of benzene rings is 2. The highest BCUT2D eigenvalue weighted by molar-refractivity contribution is 5.96. The average Bonchev–Trinajstić information content (AvgIpc) is 3.09. The summed E-state index contributed by atoms with van der Waals surface area (Å²) in [7, 11) is 1.51. The second-order valence-electron chi connectivity index (χ2n) is 8.34. The van der Waals surface area contributed by atoms with Crippen LogP contribution in [0.5, 0.6) is 11.5 Å². The summed E-state index contributed by atoms with van der Waals surface area (Å²) < 4.78 is 7.10. The van der Waals surface area contributed by atoms with Gasteiger partial charge in [0, 0.05) is 11.5 Å². The van der Waals surface area contributed by atoms with Gasteiger partial charge in [-0.25, -0.2) is 4.68 Å². The molecule has 0 saturated carbocycles. The first kappa shape index (κ1) is 19.1. The molecular weight excluding hydrogens is 366 g/mol. The lowest BCUT2D eigenvalue weighted by molar-refractivity contribution is -0.118. The number of carbonyl (C=O) groups is 1. The summed E-state index contributed by atoms with van der Waals surface area (Å²) >= 11 is 0. The topological polar surface area (TPSA) is 67.6 Å². The summed E-state index contributed by atoms with van der Waals surface area (Å²) in [4.78, 5) is 15.0. The Hall–Kier alpha value is -3.28. The van der Waals surface area contributed by atoms with Crippen LogP contribution in [-0.4, -0.2) is 27.9 Å². The first-order chi connectivity index (χ1) is 13.8. The standard InChI is InChI=1S/C23H25N3O3/c1-23(2,3)20-13-21-25(14-15-9-10-18(27)19(11-15)29-4)22(28)12-16-7-5-6-8-17(16)26(21)24-20/h5-11,13,27H,12,14H2,1-4H3. The number of phenols is 1. The fourth-order valence-corrected chi connectivity index (χ4v) is 3.53. The van der Waals surface area contributed by atoms with Crippen molar-refractivity contribution in [3.05, 3.63) is 65.4 Å². The maximum absolute atomic E-state index is 13.2. The summed E-state index contributed by atoms with van der Waals surface area (Å²) in [5.74, 6) is 1.21. The van der Waals surface area contributed by atoms with E-state index in [1.54, 1.807) is 23.1 Å². The number of hydrogen-bond acceptors (Lipinski definition) is 4. The maximum Gasteiger partial charge on any atom is 0.232 e. The molecule has 3 aromatic rings. The number of carbonyl (C=O) groups excluding carboxylic acids is 1. The molecule has 150 valence electrons. The van der Waals surface area contributed by atoms with Crippen molar-refractivity contribution < 1.29 is 14.6 Å². The van der Waals surface area contributed by atoms with Gasteiger partial charge >= 0.3 is 0 Å². The Bertz CT molecular complexity index is 1080. The Labute approximate surface area is 170 Å². The number of anilines is 1. The number of nitrogens with zero attached hydrogens (tertiary/aromatic N) is 3. The third kappa shape index (κ3) is 3.46. The van der Waals surface area contributed by atoms with Gasteiger partial charge in [-0.2, -0.15) is 5.10 Å². The third-order valence-corrected chi connectivity index (χ3v) is 5.18. The lowest BCUT2D eigenvalue weighted by atomic mass is 9.92. The third-order valence-electron chi connectivity index (χ3n) is 5.18. The van der Waals surface area contributed by atoms with Gasteiger partial charge in [-0.15, -0.1) is 0 Å². The number of para-hydroxylation sites is 1. The average molecular weight is 391 g/mol. The van der Waals surface area contributed by atoms with E-state index in [2.05, 4.69) is 20.8 Å². The molecule has 0 radical (unpaired) electrons. The number of rotatable bonds is 3. The van der Waals surface area contributed by atoms with E-state index in [0.29, 0.717) is 18.7 Å². The van der Waals surface area contributed by atoms with Crippen molar-refractivity contribution in [2.45, 2.75) is 39.2 Å². The monoisotopic (exact) mass is 391 g/mol. The van der Waals surface area contributed by atoms with Crippen LogP contribution < -0.4 is 9.64 Å². The molecular formula is C23H25N3O3. The van der Waals surface area contributed by atoms with Crippen molar-refractivity contribution in [3.63, 3.8) is 0 Å². The van der Waals surface area contributed by atoms with Crippen LogP contribution in [0.15, 0.2) is 48.5 Å². The van der Waals surface area contributed by atoms with Gasteiger partial charge in [0.2, 0.25) is 5.91 Å². The number of hydrogen-bond donors (Lipinski definition) is 1. The highest BCUT2D eigenvalue weighted by Crippen LogP contribution is 2.34. The lowest BCUT2D eigenvalue weighted by Gasteiger charge is -2.21. The van der Waals surface area contributed by atoms with Gasteiger partial charge in [-0.05, 0) is 29.3 Å². The fourth-order valence-electron chi connectivity index (χ4n) is 3.53. The minimum Gasteiger partial charge on any atom is -0.504 e. The minimum atomic E-state index is -0.148. The van der Waals surface area contributed by atoms with Crippen molar-refractivity contribution in [3.8, 4) is 17.2 Å². The number of ether oxygens (including phenoxy) is 1. The summed E-state index contributed by atoms with van der Waals surface area (Å²) in [5.41, 5.74) is 3.52. The Kier molecular flexibility index (Phi) is 4.57. The number of fused-ring (bicyclic) bond motifs is 3. The van der Waals surface area contributed by atoms with Gasteiger partial charge < -0.3 is 9.84 Å². The molecule has 6 heteroatoms. The second kappa shape index (κ2) is 6.95. The van der Waals surface area contributed by atoms with E-state index >= 15 is 0 Å². The van der Waals surface area contributed by atoms with Crippen LogP contribution in [0.25, 0.3) is 5.69 Å². The lowest BCUT2D eigenvalue weighted by Crippen LogP contribution is -2.31. The highest BCUT2D eigenvalue weighted by Gasteiger charge is 2.30. The molecule has 1 aliphatic heterocycles. The van der Waals surface area contributed by atoms with Crippen LogP contribution in [0.3, 0.4) is 0 Å².